The maximum Gasteiger partial charge on any atom is 0.261 e. The van der Waals surface area contributed by atoms with Crippen LogP contribution in [0.2, 0.25) is 5.15 Å². The zero-order valence-corrected chi connectivity index (χ0v) is 12.9. The topological polar surface area (TPSA) is 64.0 Å². The lowest BCUT2D eigenvalue weighted by atomic mass is 10.2. The second-order valence-corrected chi connectivity index (χ2v) is 6.93. The van der Waals surface area contributed by atoms with Gasteiger partial charge in [-0.3, -0.25) is 0 Å². The summed E-state index contributed by atoms with van der Waals surface area (Å²) < 4.78 is 27.7. The Morgan fingerprint density at radius 1 is 1.44 bits per heavy atom. The average Bonchev–Trinajstić information content (AvgIpc) is 2.65. The molecule has 0 amide bonds. The minimum Gasteiger partial charge on any atom is -0.324 e. The lowest BCUT2D eigenvalue weighted by Crippen LogP contribution is -2.25. The van der Waals surface area contributed by atoms with Gasteiger partial charge in [0.15, 0.2) is 0 Å². The van der Waals surface area contributed by atoms with Gasteiger partial charge in [0.25, 0.3) is 10.0 Å². The van der Waals surface area contributed by atoms with Crippen molar-refractivity contribution in [1.82, 2.24) is 14.3 Å². The van der Waals surface area contributed by atoms with Crippen LogP contribution in [-0.4, -0.2) is 36.5 Å². The summed E-state index contributed by atoms with van der Waals surface area (Å²) in [4.78, 5) is 3.79. The second kappa shape index (κ2) is 7.37. The highest BCUT2D eigenvalue weighted by Gasteiger charge is 2.21. The van der Waals surface area contributed by atoms with E-state index in [1.165, 1.54) is 10.9 Å². The van der Waals surface area contributed by atoms with E-state index >= 15 is 0 Å². The van der Waals surface area contributed by atoms with E-state index in [-0.39, 0.29) is 10.2 Å². The summed E-state index contributed by atoms with van der Waals surface area (Å²) in [6.45, 7) is 0.420. The Morgan fingerprint density at radius 3 is 2.72 bits per heavy atom. The van der Waals surface area contributed by atoms with Crippen LogP contribution >= 0.6 is 23.4 Å². The fraction of sp³-hybridized carbons (Fsp3) is 0.700. The number of aryl methyl sites for hydroxylation is 1. The van der Waals surface area contributed by atoms with Gasteiger partial charge in [0, 0.05) is 13.6 Å². The third kappa shape index (κ3) is 4.46. The SMILES string of the molecule is CSCCCCCNS(=O)(=O)c1ncn(C)c1Cl. The number of nitrogens with one attached hydrogen (secondary N) is 1. The Kier molecular flexibility index (Phi) is 6.48. The third-order valence-corrected chi connectivity index (χ3v) is 5.05. The molecule has 0 saturated carbocycles. The predicted octanol–water partition coefficient (Wildman–Crippen LogP) is 1.89. The molecule has 104 valence electrons. The maximum absolute atomic E-state index is 11.9. The van der Waals surface area contributed by atoms with Crippen LogP contribution in [0.3, 0.4) is 0 Å². The molecule has 1 aromatic heterocycles. The molecule has 18 heavy (non-hydrogen) atoms. The van der Waals surface area contributed by atoms with Gasteiger partial charge in [0.2, 0.25) is 5.03 Å². The molecule has 0 bridgehead atoms. The van der Waals surface area contributed by atoms with Crippen LogP contribution in [0.25, 0.3) is 0 Å². The molecule has 8 heteroatoms. The third-order valence-electron chi connectivity index (χ3n) is 2.41. The van der Waals surface area contributed by atoms with Crippen molar-refractivity contribution in [3.63, 3.8) is 0 Å². The van der Waals surface area contributed by atoms with Crippen molar-refractivity contribution >= 4 is 33.4 Å². The molecule has 0 aliphatic heterocycles. The monoisotopic (exact) mass is 311 g/mol. The van der Waals surface area contributed by atoms with E-state index < -0.39 is 10.0 Å². The van der Waals surface area contributed by atoms with Gasteiger partial charge in [0.05, 0.1) is 6.33 Å². The van der Waals surface area contributed by atoms with Crippen molar-refractivity contribution in [1.29, 1.82) is 0 Å². The molecule has 1 rings (SSSR count). The first-order valence-electron chi connectivity index (χ1n) is 5.64. The van der Waals surface area contributed by atoms with Crippen LogP contribution < -0.4 is 4.72 Å². The van der Waals surface area contributed by atoms with Crippen LogP contribution in [0.4, 0.5) is 0 Å². The number of unbranched alkanes of at least 4 members (excludes halogenated alkanes) is 2. The summed E-state index contributed by atoms with van der Waals surface area (Å²) >= 11 is 7.65. The Labute approximate surface area is 117 Å². The highest BCUT2D eigenvalue weighted by Crippen LogP contribution is 2.18. The zero-order chi connectivity index (χ0) is 13.6. The van der Waals surface area contributed by atoms with E-state index in [0.717, 1.165) is 25.0 Å². The largest absolute Gasteiger partial charge is 0.324 e. The zero-order valence-electron chi connectivity index (χ0n) is 10.5. The molecular weight excluding hydrogens is 294 g/mol. The summed E-state index contributed by atoms with van der Waals surface area (Å²) in [7, 11) is -1.93. The fourth-order valence-electron chi connectivity index (χ4n) is 1.40. The van der Waals surface area contributed by atoms with Gasteiger partial charge in [-0.05, 0) is 24.9 Å². The molecule has 1 aromatic rings. The van der Waals surface area contributed by atoms with E-state index in [0.29, 0.717) is 6.54 Å². The molecule has 0 aliphatic rings. The fourth-order valence-corrected chi connectivity index (χ4v) is 3.39. The number of thioether (sulfide) groups is 1. The van der Waals surface area contributed by atoms with E-state index in [1.54, 1.807) is 18.8 Å². The van der Waals surface area contributed by atoms with Crippen LogP contribution in [0.5, 0.6) is 0 Å². The molecule has 0 unspecified atom stereocenters. The average molecular weight is 312 g/mol. The van der Waals surface area contributed by atoms with Crippen molar-refractivity contribution in [2.24, 2.45) is 7.05 Å². The van der Waals surface area contributed by atoms with Crippen molar-refractivity contribution in [2.75, 3.05) is 18.6 Å². The van der Waals surface area contributed by atoms with E-state index in [2.05, 4.69) is 16.0 Å². The Hall–Kier alpha value is -0.240. The molecule has 0 saturated heterocycles. The van der Waals surface area contributed by atoms with Crippen molar-refractivity contribution in [3.8, 4) is 0 Å². The summed E-state index contributed by atoms with van der Waals surface area (Å²) in [5.74, 6) is 1.11. The number of hydrogen-bond acceptors (Lipinski definition) is 4. The van der Waals surface area contributed by atoms with Gasteiger partial charge < -0.3 is 4.57 Å². The first kappa shape index (κ1) is 15.8. The Morgan fingerprint density at radius 2 is 2.17 bits per heavy atom. The van der Waals surface area contributed by atoms with Crippen LogP contribution in [0, 0.1) is 0 Å². The normalized spacial score (nSPS) is 11.9. The highest BCUT2D eigenvalue weighted by molar-refractivity contribution is 7.98. The first-order valence-corrected chi connectivity index (χ1v) is 8.90. The van der Waals surface area contributed by atoms with Crippen molar-refractivity contribution in [3.05, 3.63) is 11.5 Å². The molecule has 0 aliphatic carbocycles. The smallest absolute Gasteiger partial charge is 0.261 e. The molecule has 0 spiro atoms. The van der Waals surface area contributed by atoms with E-state index in [1.807, 2.05) is 0 Å². The van der Waals surface area contributed by atoms with Gasteiger partial charge in [-0.25, -0.2) is 18.1 Å². The van der Waals surface area contributed by atoms with Crippen molar-refractivity contribution in [2.45, 2.75) is 24.3 Å². The number of hydrogen-bond donors (Lipinski definition) is 1. The summed E-state index contributed by atoms with van der Waals surface area (Å²) in [6.07, 6.45) is 6.39. The highest BCUT2D eigenvalue weighted by atomic mass is 35.5. The summed E-state index contributed by atoms with van der Waals surface area (Å²) in [6, 6.07) is 0. The summed E-state index contributed by atoms with van der Waals surface area (Å²) in [5.41, 5.74) is 0. The number of nitrogens with zero attached hydrogens (tertiary/aromatic N) is 2. The van der Waals surface area contributed by atoms with E-state index in [9.17, 15) is 8.42 Å². The minimum atomic E-state index is -3.58. The van der Waals surface area contributed by atoms with Crippen LogP contribution in [-0.2, 0) is 17.1 Å². The van der Waals surface area contributed by atoms with Gasteiger partial charge in [-0.2, -0.15) is 11.8 Å². The van der Waals surface area contributed by atoms with Gasteiger partial charge >= 0.3 is 0 Å². The lowest BCUT2D eigenvalue weighted by Gasteiger charge is -2.04. The molecule has 0 fully saturated rings. The molecular formula is C10H18ClN3O2S2. The van der Waals surface area contributed by atoms with Gasteiger partial charge in [-0.1, -0.05) is 18.0 Å². The number of rotatable bonds is 8. The second-order valence-electron chi connectivity index (χ2n) is 3.90. The number of sulfonamides is 1. The Balaban J connectivity index is 2.44. The summed E-state index contributed by atoms with van der Waals surface area (Å²) in [5, 5.41) is 0.0284. The molecule has 1 N–H and O–H groups in total. The Bertz CT molecular complexity index is 473. The quantitative estimate of drug-likeness (QED) is 0.745. The molecule has 5 nitrogen and oxygen atoms in total. The maximum atomic E-state index is 11.9. The van der Waals surface area contributed by atoms with E-state index in [4.69, 9.17) is 11.6 Å². The molecule has 0 atom stereocenters. The van der Waals surface area contributed by atoms with Gasteiger partial charge in [-0.15, -0.1) is 0 Å². The molecule has 1 heterocycles. The lowest BCUT2D eigenvalue weighted by molar-refractivity contribution is 0.573. The number of halogens is 1. The van der Waals surface area contributed by atoms with Gasteiger partial charge in [0.1, 0.15) is 5.15 Å². The molecule has 0 aromatic carbocycles. The number of imidazole rings is 1. The van der Waals surface area contributed by atoms with Crippen LogP contribution in [0.1, 0.15) is 19.3 Å². The first-order chi connectivity index (χ1) is 8.49. The molecule has 0 radical (unpaired) electrons. The standard InChI is InChI=1S/C10H18ClN3O2S2/c1-14-8-12-10(9(14)11)18(15,16)13-6-4-3-5-7-17-2/h8,13H,3-7H2,1-2H3. The number of aromatic nitrogens is 2. The van der Waals surface area contributed by atoms with Crippen LogP contribution in [0.15, 0.2) is 11.4 Å². The predicted molar refractivity (Wildman–Crippen MR) is 75.6 cm³/mol. The van der Waals surface area contributed by atoms with Crippen molar-refractivity contribution < 1.29 is 8.42 Å². The minimum absolute atomic E-state index is 0.101.